The van der Waals surface area contributed by atoms with Crippen LogP contribution in [-0.2, 0) is 0 Å². The van der Waals surface area contributed by atoms with Gasteiger partial charge in [0.05, 0.1) is 0 Å². The molecule has 1 aliphatic rings. The van der Waals surface area contributed by atoms with Crippen LogP contribution in [0.2, 0.25) is 0 Å². The minimum Gasteiger partial charge on any atom is -0.399 e. The molecule has 0 heterocycles. The van der Waals surface area contributed by atoms with Crippen LogP contribution in [0.15, 0.2) is 72.0 Å². The second kappa shape index (κ2) is 5.81. The van der Waals surface area contributed by atoms with Crippen LogP contribution >= 0.6 is 0 Å². The summed E-state index contributed by atoms with van der Waals surface area (Å²) < 4.78 is 0. The van der Waals surface area contributed by atoms with E-state index in [2.05, 4.69) is 19.1 Å². The zero-order valence-corrected chi connectivity index (χ0v) is 8.35. The largest absolute Gasteiger partial charge is 0.399 e. The van der Waals surface area contributed by atoms with Crippen molar-refractivity contribution in [2.24, 2.45) is 5.73 Å². The van der Waals surface area contributed by atoms with Crippen LogP contribution in [0.3, 0.4) is 0 Å². The molecule has 2 N–H and O–H groups in total. The van der Waals surface area contributed by atoms with Gasteiger partial charge in [-0.05, 0) is 19.1 Å². The summed E-state index contributed by atoms with van der Waals surface area (Å²) in [5, 5.41) is 0. The summed E-state index contributed by atoms with van der Waals surface area (Å²) in [6.45, 7) is 2.06. The fourth-order valence-corrected chi connectivity index (χ4v) is 0.987. The van der Waals surface area contributed by atoms with Gasteiger partial charge in [-0.25, -0.2) is 0 Å². The minimum absolute atomic E-state index is 0.751. The third-order valence-corrected chi connectivity index (χ3v) is 1.74. The van der Waals surface area contributed by atoms with E-state index in [1.807, 2.05) is 48.6 Å². The Labute approximate surface area is 85.3 Å². The molecule has 0 saturated carbocycles. The lowest BCUT2D eigenvalue weighted by Gasteiger charge is -1.89. The number of nitrogens with two attached hydrogens (primary N) is 1. The fourth-order valence-electron chi connectivity index (χ4n) is 0.987. The first-order chi connectivity index (χ1) is 6.79. The molecule has 0 amide bonds. The molecule has 0 aliphatic heterocycles. The maximum Gasteiger partial charge on any atom is 0.0313 e. The Bertz CT molecular complexity index is 313. The first-order valence-electron chi connectivity index (χ1n) is 4.61. The Balaban J connectivity index is 2.87. The van der Waals surface area contributed by atoms with Crippen molar-refractivity contribution >= 4 is 0 Å². The zero-order valence-electron chi connectivity index (χ0n) is 8.35. The number of hydrogen-bond donors (Lipinski definition) is 1. The van der Waals surface area contributed by atoms with Crippen LogP contribution in [0, 0.1) is 0 Å². The molecule has 14 heavy (non-hydrogen) atoms. The van der Waals surface area contributed by atoms with E-state index >= 15 is 0 Å². The van der Waals surface area contributed by atoms with E-state index in [-0.39, 0.29) is 0 Å². The Hall–Kier alpha value is -1.76. The molecule has 0 spiro atoms. The van der Waals surface area contributed by atoms with Gasteiger partial charge in [0.25, 0.3) is 0 Å². The average molecular weight is 185 g/mol. The molecule has 0 saturated heterocycles. The zero-order chi connectivity index (χ0) is 10.2. The Morgan fingerprint density at radius 3 is 2.21 bits per heavy atom. The van der Waals surface area contributed by atoms with Crippen molar-refractivity contribution < 1.29 is 0 Å². The summed E-state index contributed by atoms with van der Waals surface area (Å²) in [5.41, 5.74) is 7.66. The molecule has 0 aromatic carbocycles. The molecule has 0 atom stereocenters. The van der Waals surface area contributed by atoms with Gasteiger partial charge in [-0.1, -0.05) is 54.2 Å². The molecule has 0 radical (unpaired) electrons. The van der Waals surface area contributed by atoms with Crippen molar-refractivity contribution in [1.82, 2.24) is 0 Å². The van der Waals surface area contributed by atoms with Gasteiger partial charge in [-0.15, -0.1) is 0 Å². The fraction of sp³-hybridized carbons (Fsp3) is 0.0769. The molecule has 72 valence electrons. The average Bonchev–Trinajstić information content (AvgIpc) is 2.14. The van der Waals surface area contributed by atoms with Crippen LogP contribution in [0.25, 0.3) is 0 Å². The smallest absolute Gasteiger partial charge is 0.0313 e. The van der Waals surface area contributed by atoms with Gasteiger partial charge in [0.2, 0.25) is 0 Å². The third kappa shape index (κ3) is 4.31. The molecule has 1 heteroatoms. The van der Waals surface area contributed by atoms with Crippen molar-refractivity contribution in [3.63, 3.8) is 0 Å². The highest BCUT2D eigenvalue weighted by Crippen LogP contribution is 1.98. The van der Waals surface area contributed by atoms with Gasteiger partial charge < -0.3 is 5.73 Å². The Morgan fingerprint density at radius 2 is 1.43 bits per heavy atom. The van der Waals surface area contributed by atoms with Crippen LogP contribution in [0.4, 0.5) is 0 Å². The highest BCUT2D eigenvalue weighted by atomic mass is 14.5. The van der Waals surface area contributed by atoms with E-state index in [0.717, 1.165) is 5.70 Å². The summed E-state index contributed by atoms with van der Waals surface area (Å²) in [4.78, 5) is 0. The standard InChI is InChI=1S/C13H15N/c1-12-8-4-2-6-10-13(14)11-7-3-5-9-12/h2-11H,14H2,1H3/b4-2-,5-3?,6-2?,7-3-,8-4?,9-5-,10-6-,11-7?,12-8-,12-9?,13-10?,13-11+. The summed E-state index contributed by atoms with van der Waals surface area (Å²) in [7, 11) is 0. The second-order valence-corrected chi connectivity index (χ2v) is 3.07. The maximum atomic E-state index is 5.69. The van der Waals surface area contributed by atoms with Gasteiger partial charge in [-0.3, -0.25) is 0 Å². The molecule has 1 nitrogen and oxygen atoms in total. The number of allylic oxidation sites excluding steroid dienone is 11. The SMILES string of the molecule is CC1=C/C=C\C=C/C(N)=C\C=C/C=C\1. The summed E-state index contributed by atoms with van der Waals surface area (Å²) in [5.74, 6) is 0. The first-order valence-corrected chi connectivity index (χ1v) is 4.61. The van der Waals surface area contributed by atoms with E-state index in [4.69, 9.17) is 5.73 Å². The van der Waals surface area contributed by atoms with Crippen molar-refractivity contribution in [2.45, 2.75) is 6.92 Å². The van der Waals surface area contributed by atoms with E-state index in [9.17, 15) is 0 Å². The van der Waals surface area contributed by atoms with Crippen LogP contribution in [-0.4, -0.2) is 0 Å². The molecule has 0 aromatic rings. The Morgan fingerprint density at radius 1 is 0.786 bits per heavy atom. The normalized spacial score (nSPS) is 33.5. The quantitative estimate of drug-likeness (QED) is 0.616. The third-order valence-electron chi connectivity index (χ3n) is 1.74. The van der Waals surface area contributed by atoms with E-state index in [1.165, 1.54) is 5.57 Å². The molecule has 0 aromatic heterocycles. The predicted octanol–water partition coefficient (Wildman–Crippen LogP) is 3.01. The molecule has 1 rings (SSSR count). The monoisotopic (exact) mass is 185 g/mol. The summed E-state index contributed by atoms with van der Waals surface area (Å²) in [6, 6.07) is 0. The van der Waals surface area contributed by atoms with Crippen molar-refractivity contribution in [3.05, 3.63) is 72.0 Å². The molecular weight excluding hydrogens is 170 g/mol. The highest BCUT2D eigenvalue weighted by molar-refractivity contribution is 5.30. The molecule has 0 bridgehead atoms. The topological polar surface area (TPSA) is 26.0 Å². The number of rotatable bonds is 0. The van der Waals surface area contributed by atoms with Crippen molar-refractivity contribution in [1.29, 1.82) is 0 Å². The summed E-state index contributed by atoms with van der Waals surface area (Å²) in [6.07, 6.45) is 19.6. The van der Waals surface area contributed by atoms with Crippen molar-refractivity contribution in [3.8, 4) is 0 Å². The van der Waals surface area contributed by atoms with E-state index in [0.29, 0.717) is 0 Å². The maximum absolute atomic E-state index is 5.69. The summed E-state index contributed by atoms with van der Waals surface area (Å²) >= 11 is 0. The molecular formula is C13H15N. The van der Waals surface area contributed by atoms with Gasteiger partial charge in [0.15, 0.2) is 0 Å². The lowest BCUT2D eigenvalue weighted by Crippen LogP contribution is -1.90. The van der Waals surface area contributed by atoms with Crippen LogP contribution in [0.5, 0.6) is 0 Å². The predicted molar refractivity (Wildman–Crippen MR) is 62.6 cm³/mol. The van der Waals surface area contributed by atoms with Gasteiger partial charge in [-0.2, -0.15) is 0 Å². The van der Waals surface area contributed by atoms with Crippen LogP contribution < -0.4 is 5.73 Å². The van der Waals surface area contributed by atoms with Crippen molar-refractivity contribution in [2.75, 3.05) is 0 Å². The number of hydrogen-bond acceptors (Lipinski definition) is 1. The van der Waals surface area contributed by atoms with E-state index in [1.54, 1.807) is 0 Å². The van der Waals surface area contributed by atoms with Gasteiger partial charge in [0.1, 0.15) is 0 Å². The van der Waals surface area contributed by atoms with E-state index < -0.39 is 0 Å². The lowest BCUT2D eigenvalue weighted by molar-refractivity contribution is 1.42. The lowest BCUT2D eigenvalue weighted by atomic mass is 10.2. The molecule has 0 unspecified atom stereocenters. The Kier molecular flexibility index (Phi) is 4.29. The second-order valence-electron chi connectivity index (χ2n) is 3.07. The van der Waals surface area contributed by atoms with Gasteiger partial charge >= 0.3 is 0 Å². The molecule has 0 fully saturated rings. The van der Waals surface area contributed by atoms with Crippen LogP contribution in [0.1, 0.15) is 6.92 Å². The highest BCUT2D eigenvalue weighted by Gasteiger charge is 1.79. The van der Waals surface area contributed by atoms with Gasteiger partial charge in [0, 0.05) is 5.70 Å². The minimum atomic E-state index is 0.751. The first kappa shape index (κ1) is 10.3. The molecule has 1 aliphatic carbocycles.